The molecular formula is C12H22N4O. The first-order chi connectivity index (χ1) is 8.13. The summed E-state index contributed by atoms with van der Waals surface area (Å²) in [6.07, 6.45) is 4.24. The van der Waals surface area contributed by atoms with Gasteiger partial charge in [-0.1, -0.05) is 20.8 Å². The number of hydrogen-bond acceptors (Lipinski definition) is 5. The van der Waals surface area contributed by atoms with Crippen LogP contribution in [0.25, 0.3) is 0 Å². The SMILES string of the molecule is CCCOc1cncc(NCC(N)C(C)C)n1. The third-order valence-electron chi connectivity index (χ3n) is 2.44. The van der Waals surface area contributed by atoms with Gasteiger partial charge in [-0.3, -0.25) is 4.98 Å². The molecule has 0 aliphatic rings. The zero-order valence-electron chi connectivity index (χ0n) is 10.8. The van der Waals surface area contributed by atoms with Crippen molar-refractivity contribution in [3.63, 3.8) is 0 Å². The highest BCUT2D eigenvalue weighted by Gasteiger charge is 2.07. The Hall–Kier alpha value is -1.36. The molecule has 0 aliphatic carbocycles. The van der Waals surface area contributed by atoms with Crippen LogP contribution in [0.3, 0.4) is 0 Å². The Morgan fingerprint density at radius 1 is 1.41 bits per heavy atom. The van der Waals surface area contributed by atoms with E-state index in [1.54, 1.807) is 12.4 Å². The molecule has 3 N–H and O–H groups in total. The maximum Gasteiger partial charge on any atom is 0.234 e. The predicted octanol–water partition coefficient (Wildman–Crippen LogP) is 1.66. The average Bonchev–Trinajstić information content (AvgIpc) is 2.33. The van der Waals surface area contributed by atoms with Crippen LogP contribution in [-0.4, -0.2) is 29.2 Å². The fourth-order valence-corrected chi connectivity index (χ4v) is 1.17. The number of anilines is 1. The lowest BCUT2D eigenvalue weighted by Crippen LogP contribution is -2.34. The second-order valence-electron chi connectivity index (χ2n) is 4.38. The lowest BCUT2D eigenvalue weighted by Gasteiger charge is -2.16. The standard InChI is InChI=1S/C12H22N4O/c1-4-5-17-12-8-14-7-11(16-12)15-6-10(13)9(2)3/h7-10H,4-6,13H2,1-3H3,(H,15,16). The molecule has 96 valence electrons. The summed E-state index contributed by atoms with van der Waals surface area (Å²) >= 11 is 0. The smallest absolute Gasteiger partial charge is 0.234 e. The van der Waals surface area contributed by atoms with E-state index in [1.807, 2.05) is 0 Å². The Bertz CT molecular complexity index is 330. The summed E-state index contributed by atoms with van der Waals surface area (Å²) in [5.74, 6) is 1.69. The third-order valence-corrected chi connectivity index (χ3v) is 2.44. The molecule has 1 aromatic rings. The van der Waals surface area contributed by atoms with E-state index in [1.165, 1.54) is 0 Å². The molecule has 5 heteroatoms. The normalized spacial score (nSPS) is 12.5. The van der Waals surface area contributed by atoms with Crippen molar-refractivity contribution in [2.75, 3.05) is 18.5 Å². The number of nitrogens with one attached hydrogen (secondary N) is 1. The van der Waals surface area contributed by atoms with E-state index in [4.69, 9.17) is 10.5 Å². The summed E-state index contributed by atoms with van der Waals surface area (Å²) in [6.45, 7) is 7.59. The largest absolute Gasteiger partial charge is 0.477 e. The van der Waals surface area contributed by atoms with E-state index in [9.17, 15) is 0 Å². The molecule has 0 fully saturated rings. The van der Waals surface area contributed by atoms with E-state index in [2.05, 4.69) is 36.1 Å². The van der Waals surface area contributed by atoms with Crippen LogP contribution in [0.4, 0.5) is 5.82 Å². The van der Waals surface area contributed by atoms with Gasteiger partial charge in [0.15, 0.2) is 0 Å². The van der Waals surface area contributed by atoms with Crippen molar-refractivity contribution < 1.29 is 4.74 Å². The molecule has 5 nitrogen and oxygen atoms in total. The lowest BCUT2D eigenvalue weighted by molar-refractivity contribution is 0.304. The zero-order valence-corrected chi connectivity index (χ0v) is 10.8. The molecule has 1 aromatic heterocycles. The van der Waals surface area contributed by atoms with Crippen molar-refractivity contribution in [3.05, 3.63) is 12.4 Å². The molecule has 0 spiro atoms. The molecule has 17 heavy (non-hydrogen) atoms. The molecule has 0 radical (unpaired) electrons. The van der Waals surface area contributed by atoms with E-state index in [0.717, 1.165) is 6.42 Å². The van der Waals surface area contributed by atoms with Gasteiger partial charge in [-0.05, 0) is 12.3 Å². The highest BCUT2D eigenvalue weighted by molar-refractivity contribution is 5.33. The summed E-state index contributed by atoms with van der Waals surface area (Å²) < 4.78 is 5.41. The van der Waals surface area contributed by atoms with Crippen molar-refractivity contribution in [2.45, 2.75) is 33.2 Å². The topological polar surface area (TPSA) is 73.1 Å². The van der Waals surface area contributed by atoms with Crippen LogP contribution in [0, 0.1) is 5.92 Å². The summed E-state index contributed by atoms with van der Waals surface area (Å²) in [4.78, 5) is 8.36. The second kappa shape index (κ2) is 7.06. The second-order valence-corrected chi connectivity index (χ2v) is 4.38. The molecule has 1 unspecified atom stereocenters. The average molecular weight is 238 g/mol. The number of aromatic nitrogens is 2. The number of nitrogens with two attached hydrogens (primary N) is 1. The molecule has 0 aromatic carbocycles. The Morgan fingerprint density at radius 3 is 2.82 bits per heavy atom. The fraction of sp³-hybridized carbons (Fsp3) is 0.667. The van der Waals surface area contributed by atoms with Crippen LogP contribution in [0.5, 0.6) is 5.88 Å². The van der Waals surface area contributed by atoms with Crippen LogP contribution >= 0.6 is 0 Å². The molecule has 0 amide bonds. The first-order valence-electron chi connectivity index (χ1n) is 6.07. The maximum atomic E-state index is 5.94. The van der Waals surface area contributed by atoms with Gasteiger partial charge >= 0.3 is 0 Å². The van der Waals surface area contributed by atoms with Gasteiger partial charge in [-0.25, -0.2) is 0 Å². The summed E-state index contributed by atoms with van der Waals surface area (Å²) in [5, 5.41) is 3.16. The van der Waals surface area contributed by atoms with E-state index >= 15 is 0 Å². The van der Waals surface area contributed by atoms with Gasteiger partial charge in [0.2, 0.25) is 5.88 Å². The van der Waals surface area contributed by atoms with Gasteiger partial charge in [0, 0.05) is 12.6 Å². The van der Waals surface area contributed by atoms with Crippen molar-refractivity contribution in [3.8, 4) is 5.88 Å². The molecule has 0 saturated carbocycles. The number of hydrogen-bond donors (Lipinski definition) is 2. The Kier molecular flexibility index (Phi) is 5.69. The third kappa shape index (κ3) is 4.99. The molecule has 1 atom stereocenters. The first kappa shape index (κ1) is 13.7. The maximum absolute atomic E-state index is 5.94. The minimum absolute atomic E-state index is 0.108. The quantitative estimate of drug-likeness (QED) is 0.755. The molecule has 1 rings (SSSR count). The van der Waals surface area contributed by atoms with E-state index in [-0.39, 0.29) is 6.04 Å². The minimum atomic E-state index is 0.108. The molecule has 0 saturated heterocycles. The van der Waals surface area contributed by atoms with Gasteiger partial charge in [-0.2, -0.15) is 4.98 Å². The molecule has 0 bridgehead atoms. The van der Waals surface area contributed by atoms with E-state index in [0.29, 0.717) is 30.8 Å². The van der Waals surface area contributed by atoms with Gasteiger partial charge in [0.25, 0.3) is 0 Å². The Balaban J connectivity index is 2.48. The summed E-state index contributed by atoms with van der Waals surface area (Å²) in [5.41, 5.74) is 5.94. The van der Waals surface area contributed by atoms with E-state index < -0.39 is 0 Å². The highest BCUT2D eigenvalue weighted by atomic mass is 16.5. The summed E-state index contributed by atoms with van der Waals surface area (Å²) in [6, 6.07) is 0.108. The van der Waals surface area contributed by atoms with Crippen molar-refractivity contribution >= 4 is 5.82 Å². The van der Waals surface area contributed by atoms with Crippen LogP contribution in [-0.2, 0) is 0 Å². The molecular weight excluding hydrogens is 216 g/mol. The van der Waals surface area contributed by atoms with Crippen LogP contribution in [0.2, 0.25) is 0 Å². The number of ether oxygens (including phenoxy) is 1. The Morgan fingerprint density at radius 2 is 2.18 bits per heavy atom. The minimum Gasteiger partial charge on any atom is -0.477 e. The predicted molar refractivity (Wildman–Crippen MR) is 69.1 cm³/mol. The number of rotatable bonds is 7. The Labute approximate surface area is 103 Å². The van der Waals surface area contributed by atoms with Gasteiger partial charge in [-0.15, -0.1) is 0 Å². The van der Waals surface area contributed by atoms with Crippen LogP contribution in [0.15, 0.2) is 12.4 Å². The highest BCUT2D eigenvalue weighted by Crippen LogP contribution is 2.09. The zero-order chi connectivity index (χ0) is 12.7. The molecule has 1 heterocycles. The molecule has 0 aliphatic heterocycles. The van der Waals surface area contributed by atoms with Crippen molar-refractivity contribution in [1.29, 1.82) is 0 Å². The fourth-order valence-electron chi connectivity index (χ4n) is 1.17. The first-order valence-corrected chi connectivity index (χ1v) is 6.07. The summed E-state index contributed by atoms with van der Waals surface area (Å²) in [7, 11) is 0. The van der Waals surface area contributed by atoms with Gasteiger partial charge < -0.3 is 15.8 Å². The van der Waals surface area contributed by atoms with Gasteiger partial charge in [0.05, 0.1) is 19.0 Å². The van der Waals surface area contributed by atoms with Crippen LogP contribution < -0.4 is 15.8 Å². The lowest BCUT2D eigenvalue weighted by atomic mass is 10.1. The number of nitrogens with zero attached hydrogens (tertiary/aromatic N) is 2. The van der Waals surface area contributed by atoms with Gasteiger partial charge in [0.1, 0.15) is 5.82 Å². The monoisotopic (exact) mass is 238 g/mol. The van der Waals surface area contributed by atoms with Crippen LogP contribution in [0.1, 0.15) is 27.2 Å². The van der Waals surface area contributed by atoms with Crippen molar-refractivity contribution in [1.82, 2.24) is 9.97 Å². The van der Waals surface area contributed by atoms with Crippen molar-refractivity contribution in [2.24, 2.45) is 11.7 Å².